The minimum absolute atomic E-state index is 0.0382. The van der Waals surface area contributed by atoms with Gasteiger partial charge in [0.15, 0.2) is 0 Å². The van der Waals surface area contributed by atoms with Crippen LogP contribution in [0.15, 0.2) is 18.2 Å². The molecule has 114 valence electrons. The normalized spacial score (nSPS) is 17.0. The molecule has 1 amide bonds. The average molecular weight is 304 g/mol. The lowest BCUT2D eigenvalue weighted by molar-refractivity contribution is -0.122. The second-order valence-electron chi connectivity index (χ2n) is 6.30. The van der Waals surface area contributed by atoms with Crippen LogP contribution in [0.2, 0.25) is 0 Å². The predicted molar refractivity (Wildman–Crippen MR) is 91.6 cm³/mol. The van der Waals surface area contributed by atoms with Crippen LogP contribution in [-0.4, -0.2) is 10.9 Å². The van der Waals surface area contributed by atoms with Gasteiger partial charge in [0.1, 0.15) is 0 Å². The van der Waals surface area contributed by atoms with Crippen molar-refractivity contribution in [3.63, 3.8) is 0 Å². The molecule has 0 atom stereocenters. The van der Waals surface area contributed by atoms with Crippen molar-refractivity contribution in [2.24, 2.45) is 11.1 Å². The van der Waals surface area contributed by atoms with Crippen molar-refractivity contribution in [2.75, 3.05) is 5.32 Å². The van der Waals surface area contributed by atoms with E-state index in [9.17, 15) is 4.79 Å². The van der Waals surface area contributed by atoms with Crippen LogP contribution < -0.4 is 11.1 Å². The van der Waals surface area contributed by atoms with Gasteiger partial charge in [0.25, 0.3) is 0 Å². The Morgan fingerprint density at radius 1 is 1.33 bits per heavy atom. The minimum Gasteiger partial charge on any atom is -0.392 e. The van der Waals surface area contributed by atoms with Gasteiger partial charge in [-0.3, -0.25) is 4.79 Å². The van der Waals surface area contributed by atoms with E-state index < -0.39 is 5.41 Å². The molecule has 1 fully saturated rings. The van der Waals surface area contributed by atoms with E-state index in [1.165, 1.54) is 0 Å². The number of carbonyl (C=O) groups is 1. The Bertz CT molecular complexity index is 560. The van der Waals surface area contributed by atoms with Crippen LogP contribution in [0.5, 0.6) is 0 Å². The average Bonchev–Trinajstić information content (AvgIpc) is 2.91. The third-order valence-electron chi connectivity index (χ3n) is 4.53. The Morgan fingerprint density at radius 2 is 1.95 bits per heavy atom. The number of nitrogens with one attached hydrogen (secondary N) is 1. The SMILES string of the molecule is Cc1cccc(C(C)C)c1NC(=O)C1(C(N)=S)CCCC1. The van der Waals surface area contributed by atoms with E-state index in [0.717, 1.165) is 42.5 Å². The maximum Gasteiger partial charge on any atom is 0.237 e. The van der Waals surface area contributed by atoms with E-state index in [1.807, 2.05) is 19.1 Å². The van der Waals surface area contributed by atoms with Crippen LogP contribution in [0.25, 0.3) is 0 Å². The lowest BCUT2D eigenvalue weighted by Crippen LogP contribution is -2.44. The number of para-hydroxylation sites is 1. The molecule has 0 aromatic heterocycles. The number of thiocarbonyl (C=S) groups is 1. The molecule has 3 N–H and O–H groups in total. The molecule has 0 radical (unpaired) electrons. The minimum atomic E-state index is -0.661. The second kappa shape index (κ2) is 6.14. The molecule has 0 spiro atoms. The van der Waals surface area contributed by atoms with Gasteiger partial charge in [0.2, 0.25) is 5.91 Å². The molecule has 21 heavy (non-hydrogen) atoms. The van der Waals surface area contributed by atoms with Gasteiger partial charge in [0.05, 0.1) is 10.4 Å². The molecule has 4 heteroatoms. The largest absolute Gasteiger partial charge is 0.392 e. The molecule has 3 nitrogen and oxygen atoms in total. The monoisotopic (exact) mass is 304 g/mol. The van der Waals surface area contributed by atoms with Crippen molar-refractivity contribution in [3.05, 3.63) is 29.3 Å². The van der Waals surface area contributed by atoms with E-state index in [4.69, 9.17) is 18.0 Å². The fraction of sp³-hybridized carbons (Fsp3) is 0.529. The van der Waals surface area contributed by atoms with E-state index in [0.29, 0.717) is 10.9 Å². The number of nitrogens with two attached hydrogens (primary N) is 1. The topological polar surface area (TPSA) is 55.1 Å². The van der Waals surface area contributed by atoms with Gasteiger partial charge in [-0.05, 0) is 36.8 Å². The molecule has 0 heterocycles. The zero-order chi connectivity index (χ0) is 15.6. The van der Waals surface area contributed by atoms with Crippen LogP contribution >= 0.6 is 12.2 Å². The Kier molecular flexibility index (Phi) is 4.67. The summed E-state index contributed by atoms with van der Waals surface area (Å²) < 4.78 is 0. The Labute approximate surface area is 132 Å². The quantitative estimate of drug-likeness (QED) is 0.829. The molecular formula is C17H24N2OS. The highest BCUT2D eigenvalue weighted by Gasteiger charge is 2.44. The summed E-state index contributed by atoms with van der Waals surface area (Å²) in [6.45, 7) is 6.27. The maximum absolute atomic E-state index is 12.8. The van der Waals surface area contributed by atoms with E-state index in [1.54, 1.807) is 0 Å². The van der Waals surface area contributed by atoms with Gasteiger partial charge in [-0.25, -0.2) is 0 Å². The van der Waals surface area contributed by atoms with Crippen molar-refractivity contribution < 1.29 is 4.79 Å². The highest BCUT2D eigenvalue weighted by atomic mass is 32.1. The first kappa shape index (κ1) is 16.0. The summed E-state index contributed by atoms with van der Waals surface area (Å²) in [7, 11) is 0. The molecular weight excluding hydrogens is 280 g/mol. The summed E-state index contributed by atoms with van der Waals surface area (Å²) >= 11 is 5.19. The molecule has 0 aliphatic heterocycles. The number of aryl methyl sites for hydroxylation is 1. The zero-order valence-electron chi connectivity index (χ0n) is 13.0. The Morgan fingerprint density at radius 3 is 2.48 bits per heavy atom. The van der Waals surface area contributed by atoms with Crippen LogP contribution in [0.1, 0.15) is 56.6 Å². The summed E-state index contributed by atoms with van der Waals surface area (Å²) in [5.74, 6) is 0.313. The predicted octanol–water partition coefficient (Wildman–Crippen LogP) is 3.90. The van der Waals surface area contributed by atoms with Gasteiger partial charge < -0.3 is 11.1 Å². The molecule has 0 bridgehead atoms. The summed E-state index contributed by atoms with van der Waals surface area (Å²) in [5.41, 5.74) is 8.38. The number of carbonyl (C=O) groups excluding carboxylic acids is 1. The van der Waals surface area contributed by atoms with E-state index in [2.05, 4.69) is 25.2 Å². The maximum atomic E-state index is 12.8. The number of hydrogen-bond donors (Lipinski definition) is 2. The van der Waals surface area contributed by atoms with Crippen molar-refractivity contribution in [1.82, 2.24) is 0 Å². The number of rotatable bonds is 4. The van der Waals surface area contributed by atoms with E-state index >= 15 is 0 Å². The van der Waals surface area contributed by atoms with Crippen molar-refractivity contribution >= 4 is 28.8 Å². The number of benzene rings is 1. The fourth-order valence-electron chi connectivity index (χ4n) is 3.14. The van der Waals surface area contributed by atoms with Crippen molar-refractivity contribution in [2.45, 2.75) is 52.4 Å². The van der Waals surface area contributed by atoms with Gasteiger partial charge in [0, 0.05) is 5.69 Å². The van der Waals surface area contributed by atoms with Crippen LogP contribution in [0.3, 0.4) is 0 Å². The Hall–Kier alpha value is -1.42. The van der Waals surface area contributed by atoms with Gasteiger partial charge in [-0.2, -0.15) is 0 Å². The molecule has 1 aromatic rings. The molecule has 1 aliphatic rings. The molecule has 1 aromatic carbocycles. The fourth-order valence-corrected chi connectivity index (χ4v) is 3.44. The van der Waals surface area contributed by atoms with Crippen molar-refractivity contribution in [3.8, 4) is 0 Å². The highest BCUT2D eigenvalue weighted by Crippen LogP contribution is 2.40. The molecule has 0 unspecified atom stereocenters. The summed E-state index contributed by atoms with van der Waals surface area (Å²) in [6, 6.07) is 6.11. The molecule has 2 rings (SSSR count). The first-order chi connectivity index (χ1) is 9.88. The summed E-state index contributed by atoms with van der Waals surface area (Å²) in [5, 5.41) is 3.12. The lowest BCUT2D eigenvalue weighted by atomic mass is 9.84. The lowest BCUT2D eigenvalue weighted by Gasteiger charge is -2.27. The number of hydrogen-bond acceptors (Lipinski definition) is 2. The van der Waals surface area contributed by atoms with Crippen LogP contribution in [-0.2, 0) is 4.79 Å². The third kappa shape index (κ3) is 2.95. The first-order valence-corrected chi connectivity index (χ1v) is 8.00. The van der Waals surface area contributed by atoms with Gasteiger partial charge in [-0.1, -0.05) is 57.1 Å². The van der Waals surface area contributed by atoms with Gasteiger partial charge >= 0.3 is 0 Å². The van der Waals surface area contributed by atoms with E-state index in [-0.39, 0.29) is 5.91 Å². The molecule has 0 saturated heterocycles. The molecule has 1 saturated carbocycles. The standard InChI is InChI=1S/C17H24N2OS/c1-11(2)13-8-6-7-12(3)14(13)19-16(20)17(15(18)21)9-4-5-10-17/h6-8,11H,4-5,9-10H2,1-3H3,(H2,18,21)(H,19,20). The zero-order valence-corrected chi connectivity index (χ0v) is 13.8. The second-order valence-corrected chi connectivity index (χ2v) is 6.74. The number of anilines is 1. The molecule has 1 aliphatic carbocycles. The van der Waals surface area contributed by atoms with Crippen molar-refractivity contribution in [1.29, 1.82) is 0 Å². The first-order valence-electron chi connectivity index (χ1n) is 7.59. The Balaban J connectivity index is 2.34. The summed E-state index contributed by atoms with van der Waals surface area (Å²) in [4.78, 5) is 13.2. The van der Waals surface area contributed by atoms with Crippen LogP contribution in [0.4, 0.5) is 5.69 Å². The summed E-state index contributed by atoms with van der Waals surface area (Å²) in [6.07, 6.45) is 3.54. The number of amides is 1. The highest BCUT2D eigenvalue weighted by molar-refractivity contribution is 7.80. The third-order valence-corrected chi connectivity index (χ3v) is 4.92. The van der Waals surface area contributed by atoms with Crippen LogP contribution in [0, 0.1) is 12.3 Å². The smallest absolute Gasteiger partial charge is 0.237 e. The van der Waals surface area contributed by atoms with Gasteiger partial charge in [-0.15, -0.1) is 0 Å².